The first-order valence-electron chi connectivity index (χ1n) is 10.3. The highest BCUT2D eigenvalue weighted by Crippen LogP contribution is 2.38. The number of hydrogen-bond acceptors (Lipinski definition) is 2. The molecular formula is C24H34O2Si. The number of aliphatic hydroxyl groups is 1. The van der Waals surface area contributed by atoms with E-state index in [0.717, 1.165) is 19.4 Å². The van der Waals surface area contributed by atoms with Crippen molar-refractivity contribution in [3.05, 3.63) is 60.7 Å². The van der Waals surface area contributed by atoms with Gasteiger partial charge in [-0.2, -0.15) is 0 Å². The van der Waals surface area contributed by atoms with Crippen LogP contribution in [0, 0.1) is 11.8 Å². The average Bonchev–Trinajstić information content (AvgIpc) is 2.69. The van der Waals surface area contributed by atoms with E-state index in [1.807, 2.05) is 0 Å². The molecule has 1 aliphatic rings. The van der Waals surface area contributed by atoms with E-state index in [4.69, 9.17) is 4.43 Å². The predicted octanol–water partition coefficient (Wildman–Crippen LogP) is 4.36. The van der Waals surface area contributed by atoms with E-state index in [1.165, 1.54) is 23.2 Å². The molecule has 0 radical (unpaired) electrons. The second-order valence-corrected chi connectivity index (χ2v) is 13.4. The van der Waals surface area contributed by atoms with E-state index in [1.54, 1.807) is 0 Å². The zero-order valence-corrected chi connectivity index (χ0v) is 18.0. The normalized spacial score (nSPS) is 21.2. The molecule has 0 bridgehead atoms. The molecule has 0 aromatic heterocycles. The third-order valence-electron chi connectivity index (χ3n) is 6.10. The first kappa shape index (κ1) is 20.3. The smallest absolute Gasteiger partial charge is 0.261 e. The fraction of sp³-hybridized carbons (Fsp3) is 0.500. The molecule has 0 spiro atoms. The van der Waals surface area contributed by atoms with Crippen LogP contribution in [0.15, 0.2) is 60.7 Å². The Morgan fingerprint density at radius 2 is 1.41 bits per heavy atom. The van der Waals surface area contributed by atoms with Gasteiger partial charge < -0.3 is 9.53 Å². The third-order valence-corrected chi connectivity index (χ3v) is 11.1. The van der Waals surface area contributed by atoms with Crippen molar-refractivity contribution in [1.82, 2.24) is 0 Å². The molecule has 1 fully saturated rings. The minimum atomic E-state index is -2.43. The Hall–Kier alpha value is -1.42. The molecule has 0 saturated heterocycles. The van der Waals surface area contributed by atoms with Gasteiger partial charge in [-0.15, -0.1) is 0 Å². The summed E-state index contributed by atoms with van der Waals surface area (Å²) in [6, 6.07) is 21.7. The first-order chi connectivity index (χ1) is 13.0. The topological polar surface area (TPSA) is 29.5 Å². The van der Waals surface area contributed by atoms with Gasteiger partial charge in [0.2, 0.25) is 0 Å². The van der Waals surface area contributed by atoms with Crippen molar-refractivity contribution in [2.24, 2.45) is 11.8 Å². The van der Waals surface area contributed by atoms with Crippen LogP contribution in [-0.2, 0) is 4.43 Å². The van der Waals surface area contributed by atoms with Gasteiger partial charge in [0.05, 0.1) is 0 Å². The van der Waals surface area contributed by atoms with Gasteiger partial charge in [-0.05, 0) is 46.5 Å². The van der Waals surface area contributed by atoms with E-state index in [0.29, 0.717) is 18.4 Å². The summed E-state index contributed by atoms with van der Waals surface area (Å²) < 4.78 is 7.06. The Balaban J connectivity index is 1.97. The molecule has 2 nitrogen and oxygen atoms in total. The lowest BCUT2D eigenvalue weighted by Gasteiger charge is -2.44. The summed E-state index contributed by atoms with van der Waals surface area (Å²) in [7, 11) is -2.43. The van der Waals surface area contributed by atoms with Crippen molar-refractivity contribution in [2.75, 3.05) is 13.2 Å². The molecule has 3 heteroatoms. The van der Waals surface area contributed by atoms with E-state index in [9.17, 15) is 5.11 Å². The Bertz CT molecular complexity index is 654. The Morgan fingerprint density at radius 3 is 1.89 bits per heavy atom. The largest absolute Gasteiger partial charge is 0.407 e. The highest BCUT2D eigenvalue weighted by atomic mass is 28.4. The van der Waals surface area contributed by atoms with Crippen LogP contribution in [0.25, 0.3) is 0 Å². The maximum atomic E-state index is 9.59. The fourth-order valence-corrected chi connectivity index (χ4v) is 9.37. The van der Waals surface area contributed by atoms with Crippen LogP contribution >= 0.6 is 0 Å². The molecule has 0 unspecified atom stereocenters. The van der Waals surface area contributed by atoms with Crippen LogP contribution in [0.1, 0.15) is 46.5 Å². The van der Waals surface area contributed by atoms with Crippen molar-refractivity contribution in [1.29, 1.82) is 0 Å². The SMILES string of the molecule is CC(C)(C)[Si](OC[C@@H]1CCC[C@H](CO)C1)(c1ccccc1)c1ccccc1. The van der Waals surface area contributed by atoms with Crippen LogP contribution in [0.3, 0.4) is 0 Å². The Labute approximate surface area is 165 Å². The van der Waals surface area contributed by atoms with Crippen LogP contribution in [0.4, 0.5) is 0 Å². The van der Waals surface area contributed by atoms with Gasteiger partial charge in [-0.3, -0.25) is 0 Å². The zero-order valence-electron chi connectivity index (χ0n) is 17.0. The molecule has 0 heterocycles. The molecule has 0 amide bonds. The van der Waals surface area contributed by atoms with Crippen LogP contribution < -0.4 is 10.4 Å². The first-order valence-corrected chi connectivity index (χ1v) is 12.2. The van der Waals surface area contributed by atoms with Crippen molar-refractivity contribution in [2.45, 2.75) is 51.5 Å². The minimum Gasteiger partial charge on any atom is -0.407 e. The summed E-state index contributed by atoms with van der Waals surface area (Å²) in [6.45, 7) is 8.10. The number of benzene rings is 2. The highest BCUT2D eigenvalue weighted by molar-refractivity contribution is 6.99. The van der Waals surface area contributed by atoms with Gasteiger partial charge in [0.1, 0.15) is 0 Å². The molecule has 2 aromatic rings. The number of rotatable bonds is 6. The van der Waals surface area contributed by atoms with Gasteiger partial charge in [-0.1, -0.05) is 87.9 Å². The lowest BCUT2D eigenvalue weighted by Crippen LogP contribution is -2.67. The van der Waals surface area contributed by atoms with Gasteiger partial charge in [-0.25, -0.2) is 0 Å². The van der Waals surface area contributed by atoms with Gasteiger partial charge >= 0.3 is 0 Å². The van der Waals surface area contributed by atoms with E-state index >= 15 is 0 Å². The van der Waals surface area contributed by atoms with Gasteiger partial charge in [0, 0.05) is 13.2 Å². The molecule has 2 atom stereocenters. The lowest BCUT2D eigenvalue weighted by atomic mass is 9.82. The highest BCUT2D eigenvalue weighted by Gasteiger charge is 2.50. The van der Waals surface area contributed by atoms with Crippen LogP contribution in [0.2, 0.25) is 5.04 Å². The molecule has 2 aromatic carbocycles. The monoisotopic (exact) mass is 382 g/mol. The van der Waals surface area contributed by atoms with Crippen LogP contribution in [-0.4, -0.2) is 26.6 Å². The van der Waals surface area contributed by atoms with Crippen LogP contribution in [0.5, 0.6) is 0 Å². The summed E-state index contributed by atoms with van der Waals surface area (Å²) in [5, 5.41) is 12.3. The molecule has 27 heavy (non-hydrogen) atoms. The summed E-state index contributed by atoms with van der Waals surface area (Å²) in [4.78, 5) is 0. The number of aliphatic hydroxyl groups excluding tert-OH is 1. The minimum absolute atomic E-state index is 0.0285. The van der Waals surface area contributed by atoms with Crippen molar-refractivity contribution in [3.8, 4) is 0 Å². The predicted molar refractivity (Wildman–Crippen MR) is 116 cm³/mol. The third kappa shape index (κ3) is 4.36. The molecule has 1 saturated carbocycles. The molecule has 3 rings (SSSR count). The summed E-state index contributed by atoms with van der Waals surface area (Å²) in [5.41, 5.74) is 0. The Kier molecular flexibility index (Phi) is 6.56. The van der Waals surface area contributed by atoms with Gasteiger partial charge in [0.15, 0.2) is 0 Å². The summed E-state index contributed by atoms with van der Waals surface area (Å²) >= 11 is 0. The van der Waals surface area contributed by atoms with E-state index in [2.05, 4.69) is 81.4 Å². The van der Waals surface area contributed by atoms with Gasteiger partial charge in [0.25, 0.3) is 8.32 Å². The fourth-order valence-electron chi connectivity index (χ4n) is 4.72. The Morgan fingerprint density at radius 1 is 0.889 bits per heavy atom. The quantitative estimate of drug-likeness (QED) is 0.752. The van der Waals surface area contributed by atoms with E-state index in [-0.39, 0.29) is 5.04 Å². The second kappa shape index (κ2) is 8.72. The average molecular weight is 383 g/mol. The van der Waals surface area contributed by atoms with Crippen molar-refractivity contribution < 1.29 is 9.53 Å². The molecule has 1 aliphatic carbocycles. The zero-order chi connectivity index (χ0) is 19.3. The standard InChI is InChI=1S/C24H34O2Si/c1-24(2,3)27(22-13-6-4-7-14-22,23-15-8-5-9-16-23)26-19-21-12-10-11-20(17-21)18-25/h4-9,13-16,20-21,25H,10-12,17-19H2,1-3H3/t20-,21+/m0/s1. The molecule has 1 N–H and O–H groups in total. The molecule has 146 valence electrons. The lowest BCUT2D eigenvalue weighted by molar-refractivity contribution is 0.126. The number of hydrogen-bond donors (Lipinski definition) is 1. The van der Waals surface area contributed by atoms with E-state index < -0.39 is 8.32 Å². The summed E-state index contributed by atoms with van der Waals surface area (Å²) in [5.74, 6) is 1.00. The summed E-state index contributed by atoms with van der Waals surface area (Å²) in [6.07, 6.45) is 4.68. The molecule has 0 aliphatic heterocycles. The molecular weight excluding hydrogens is 348 g/mol. The second-order valence-electron chi connectivity index (χ2n) is 9.06. The van der Waals surface area contributed by atoms with Crippen molar-refractivity contribution >= 4 is 18.7 Å². The maximum absolute atomic E-state index is 9.59. The maximum Gasteiger partial charge on any atom is 0.261 e. The van der Waals surface area contributed by atoms with Crippen molar-refractivity contribution in [3.63, 3.8) is 0 Å².